The summed E-state index contributed by atoms with van der Waals surface area (Å²) in [5, 5.41) is 22.5. The van der Waals surface area contributed by atoms with Crippen molar-refractivity contribution in [2.45, 2.75) is 19.5 Å². The minimum atomic E-state index is -2.95. The van der Waals surface area contributed by atoms with E-state index in [2.05, 4.69) is 21.7 Å². The number of aromatic nitrogens is 3. The summed E-state index contributed by atoms with van der Waals surface area (Å²) in [5.41, 5.74) is 0.995. The fraction of sp³-hybridized carbons (Fsp3) is 0.304. The van der Waals surface area contributed by atoms with Gasteiger partial charge in [-0.15, -0.1) is 0 Å². The number of aryl methyl sites for hydroxylation is 1. The van der Waals surface area contributed by atoms with Gasteiger partial charge >= 0.3 is 0 Å². The predicted molar refractivity (Wildman–Crippen MR) is 120 cm³/mol. The standard InChI is InChI=1S/C23H21F3N6O2/c1-3-28-19-9-15(24)5-4-14(19)8-17-13(2)29-22-18(10-27)20(21(25)26)30-32(22)23(17)31-11-16(12-31)34-7-6-33/h3-5,8-9,16,21,33H,1,6-7,11-12H2,2H3/b14-8+,28-19?. The molecule has 176 valence electrons. The fourth-order valence-corrected chi connectivity index (χ4v) is 3.85. The molecule has 1 aliphatic carbocycles. The molecule has 11 heteroatoms. The largest absolute Gasteiger partial charge is 0.394 e. The highest BCUT2D eigenvalue weighted by atomic mass is 19.3. The number of aliphatic hydroxyl groups excluding tert-OH is 1. The number of rotatable bonds is 7. The van der Waals surface area contributed by atoms with Gasteiger partial charge in [-0.25, -0.2) is 18.2 Å². The van der Waals surface area contributed by atoms with Gasteiger partial charge in [0.2, 0.25) is 0 Å². The molecule has 0 aromatic carbocycles. The first-order valence-electron chi connectivity index (χ1n) is 10.4. The van der Waals surface area contributed by atoms with Crippen molar-refractivity contribution in [3.8, 4) is 6.07 Å². The number of hydrogen-bond acceptors (Lipinski definition) is 7. The van der Waals surface area contributed by atoms with E-state index in [1.807, 2.05) is 4.90 Å². The van der Waals surface area contributed by atoms with Crippen LogP contribution in [0.15, 0.2) is 47.4 Å². The minimum absolute atomic E-state index is 0.0253. The van der Waals surface area contributed by atoms with Crippen LogP contribution in [0.3, 0.4) is 0 Å². The van der Waals surface area contributed by atoms with Crippen molar-refractivity contribution < 1.29 is 23.0 Å². The summed E-state index contributed by atoms with van der Waals surface area (Å²) in [4.78, 5) is 10.4. The normalized spacial score (nSPS) is 18.6. The van der Waals surface area contributed by atoms with Gasteiger partial charge in [0, 0.05) is 36.5 Å². The SMILES string of the molecule is C=CN=C1C=C(F)C=C/C1=C\c1c(C)nc2c(C#N)c(C(F)F)nn2c1N1CC(OCCO)C1. The van der Waals surface area contributed by atoms with Gasteiger partial charge in [-0.1, -0.05) is 6.58 Å². The average Bonchev–Trinajstić information content (AvgIpc) is 3.14. The number of nitriles is 1. The number of hydrogen-bond donors (Lipinski definition) is 1. The molecule has 1 aliphatic heterocycles. The molecule has 0 saturated carbocycles. The number of alkyl halides is 2. The zero-order valence-corrected chi connectivity index (χ0v) is 18.2. The molecule has 3 heterocycles. The molecule has 34 heavy (non-hydrogen) atoms. The number of aliphatic hydroxyl groups is 1. The van der Waals surface area contributed by atoms with E-state index in [0.717, 1.165) is 0 Å². The van der Waals surface area contributed by atoms with Crippen molar-refractivity contribution in [1.82, 2.24) is 14.6 Å². The Balaban J connectivity index is 1.90. The lowest BCUT2D eigenvalue weighted by atomic mass is 10.00. The highest BCUT2D eigenvalue weighted by Gasteiger charge is 2.34. The van der Waals surface area contributed by atoms with Crippen LogP contribution in [0.5, 0.6) is 0 Å². The van der Waals surface area contributed by atoms with Gasteiger partial charge in [0.25, 0.3) is 6.43 Å². The van der Waals surface area contributed by atoms with E-state index >= 15 is 0 Å². The molecule has 1 N–H and O–H groups in total. The van der Waals surface area contributed by atoms with Gasteiger partial charge in [-0.05, 0) is 25.2 Å². The number of allylic oxidation sites excluding steroid dienone is 5. The number of ether oxygens (including phenoxy) is 1. The lowest BCUT2D eigenvalue weighted by Gasteiger charge is -2.41. The molecule has 8 nitrogen and oxygen atoms in total. The van der Waals surface area contributed by atoms with Crippen LogP contribution in [0.1, 0.15) is 28.9 Å². The number of fused-ring (bicyclic) bond motifs is 1. The molecular weight excluding hydrogens is 449 g/mol. The molecule has 0 spiro atoms. The number of anilines is 1. The number of nitrogens with zero attached hydrogens (tertiary/aromatic N) is 6. The van der Waals surface area contributed by atoms with Crippen molar-refractivity contribution in [2.24, 2.45) is 4.99 Å². The van der Waals surface area contributed by atoms with Crippen LogP contribution in [-0.2, 0) is 4.74 Å². The van der Waals surface area contributed by atoms with Crippen molar-refractivity contribution in [2.75, 3.05) is 31.2 Å². The average molecular weight is 470 g/mol. The van der Waals surface area contributed by atoms with E-state index in [1.165, 1.54) is 22.9 Å². The molecule has 2 aliphatic rings. The lowest BCUT2D eigenvalue weighted by molar-refractivity contribution is 0.0131. The van der Waals surface area contributed by atoms with Gasteiger partial charge in [0.1, 0.15) is 29.0 Å². The van der Waals surface area contributed by atoms with E-state index in [0.29, 0.717) is 41.4 Å². The third kappa shape index (κ3) is 4.25. The molecule has 4 rings (SSSR count). The Hall–Kier alpha value is -3.75. The summed E-state index contributed by atoms with van der Waals surface area (Å²) in [5.74, 6) is -0.0224. The molecule has 0 radical (unpaired) electrons. The monoisotopic (exact) mass is 470 g/mol. The molecule has 0 atom stereocenters. The first-order chi connectivity index (χ1) is 16.4. The maximum atomic E-state index is 13.8. The van der Waals surface area contributed by atoms with Crippen LogP contribution in [0.25, 0.3) is 11.7 Å². The van der Waals surface area contributed by atoms with Gasteiger partial charge in [-0.2, -0.15) is 14.9 Å². The van der Waals surface area contributed by atoms with Crippen LogP contribution in [-0.4, -0.2) is 57.8 Å². The third-order valence-corrected chi connectivity index (χ3v) is 5.43. The molecule has 0 unspecified atom stereocenters. The van der Waals surface area contributed by atoms with E-state index < -0.39 is 17.9 Å². The molecule has 2 aromatic rings. The summed E-state index contributed by atoms with van der Waals surface area (Å²) >= 11 is 0. The second-order valence-corrected chi connectivity index (χ2v) is 7.62. The second-order valence-electron chi connectivity index (χ2n) is 7.62. The zero-order chi connectivity index (χ0) is 24.4. The Morgan fingerprint density at radius 2 is 2.18 bits per heavy atom. The molecule has 0 bridgehead atoms. The highest BCUT2D eigenvalue weighted by Crippen LogP contribution is 2.34. The Morgan fingerprint density at radius 1 is 1.41 bits per heavy atom. The summed E-state index contributed by atoms with van der Waals surface area (Å²) in [7, 11) is 0. The third-order valence-electron chi connectivity index (χ3n) is 5.43. The van der Waals surface area contributed by atoms with Crippen LogP contribution in [0, 0.1) is 18.3 Å². The Morgan fingerprint density at radius 3 is 2.82 bits per heavy atom. The van der Waals surface area contributed by atoms with E-state index in [4.69, 9.17) is 9.84 Å². The van der Waals surface area contributed by atoms with Gasteiger partial charge in [0.15, 0.2) is 5.65 Å². The second kappa shape index (κ2) is 9.62. The number of halogens is 3. The number of aliphatic imine (C=N–C) groups is 1. The molecule has 1 saturated heterocycles. The Labute approximate surface area is 193 Å². The maximum absolute atomic E-state index is 13.8. The minimum Gasteiger partial charge on any atom is -0.394 e. The fourth-order valence-electron chi connectivity index (χ4n) is 3.85. The van der Waals surface area contributed by atoms with Crippen LogP contribution >= 0.6 is 0 Å². The van der Waals surface area contributed by atoms with Crippen molar-refractivity contribution in [3.63, 3.8) is 0 Å². The first kappa shape index (κ1) is 23.4. The van der Waals surface area contributed by atoms with Crippen molar-refractivity contribution >= 4 is 23.3 Å². The quantitative estimate of drug-likeness (QED) is 0.666. The zero-order valence-electron chi connectivity index (χ0n) is 18.2. The highest BCUT2D eigenvalue weighted by molar-refractivity contribution is 6.15. The summed E-state index contributed by atoms with van der Waals surface area (Å²) in [6.07, 6.45) is 3.98. The smallest absolute Gasteiger partial charge is 0.283 e. The van der Waals surface area contributed by atoms with E-state index in [1.54, 1.807) is 25.1 Å². The van der Waals surface area contributed by atoms with E-state index in [-0.39, 0.29) is 30.5 Å². The Kier molecular flexibility index (Phi) is 6.63. The topological polar surface area (TPSA) is 99.0 Å². The van der Waals surface area contributed by atoms with Gasteiger partial charge in [-0.3, -0.25) is 4.99 Å². The van der Waals surface area contributed by atoms with Crippen LogP contribution < -0.4 is 4.90 Å². The van der Waals surface area contributed by atoms with Crippen LogP contribution in [0.4, 0.5) is 19.0 Å². The summed E-state index contributed by atoms with van der Waals surface area (Å²) in [6.45, 7) is 6.15. The maximum Gasteiger partial charge on any atom is 0.283 e. The summed E-state index contributed by atoms with van der Waals surface area (Å²) < 4.78 is 47.8. The van der Waals surface area contributed by atoms with Crippen LogP contribution in [0.2, 0.25) is 0 Å². The predicted octanol–water partition coefficient (Wildman–Crippen LogP) is 3.44. The lowest BCUT2D eigenvalue weighted by Crippen LogP contribution is -2.53. The molecule has 0 amide bonds. The molecule has 2 aromatic heterocycles. The van der Waals surface area contributed by atoms with Gasteiger partial charge < -0.3 is 14.7 Å². The Bertz CT molecular complexity index is 1300. The molecular formula is C23H21F3N6O2. The van der Waals surface area contributed by atoms with Crippen molar-refractivity contribution in [1.29, 1.82) is 5.26 Å². The van der Waals surface area contributed by atoms with E-state index in [9.17, 15) is 18.4 Å². The molecule has 1 fully saturated rings. The first-order valence-corrected chi connectivity index (χ1v) is 10.4. The van der Waals surface area contributed by atoms with Crippen molar-refractivity contribution in [3.05, 3.63) is 64.9 Å². The van der Waals surface area contributed by atoms with Gasteiger partial charge in [0.05, 0.1) is 30.7 Å². The summed E-state index contributed by atoms with van der Waals surface area (Å²) in [6, 6.07) is 1.79.